The lowest BCUT2D eigenvalue weighted by Gasteiger charge is -2.47. The first-order valence-corrected chi connectivity index (χ1v) is 9.88. The number of nitrogens with zero attached hydrogens (tertiary/aromatic N) is 1. The molecule has 0 aromatic heterocycles. The van der Waals surface area contributed by atoms with Gasteiger partial charge < -0.3 is 16.0 Å². The molecule has 1 aromatic carbocycles. The van der Waals surface area contributed by atoms with E-state index in [-0.39, 0.29) is 0 Å². The van der Waals surface area contributed by atoms with E-state index in [1.807, 2.05) is 12.1 Å². The monoisotopic (exact) mass is 323 g/mol. The molecule has 2 aliphatic carbocycles. The van der Waals surface area contributed by atoms with E-state index in [0.717, 1.165) is 35.3 Å². The Hall–Kier alpha value is -1.64. The van der Waals surface area contributed by atoms with Crippen LogP contribution in [0, 0.1) is 11.8 Å². The Morgan fingerprint density at radius 2 is 1.67 bits per heavy atom. The number of nitrogens with two attached hydrogens (primary N) is 1. The highest BCUT2D eigenvalue weighted by atomic mass is 15.2. The van der Waals surface area contributed by atoms with Crippen molar-refractivity contribution in [3.63, 3.8) is 0 Å². The van der Waals surface area contributed by atoms with E-state index in [1.54, 1.807) is 5.57 Å². The third-order valence-electron chi connectivity index (χ3n) is 7.03. The minimum Gasteiger partial charge on any atom is -0.397 e. The minimum absolute atomic E-state index is 0.572. The van der Waals surface area contributed by atoms with Gasteiger partial charge in [0.05, 0.1) is 11.4 Å². The summed E-state index contributed by atoms with van der Waals surface area (Å²) < 4.78 is 0. The molecule has 0 radical (unpaired) electrons. The van der Waals surface area contributed by atoms with Gasteiger partial charge in [0.25, 0.3) is 0 Å². The first-order chi connectivity index (χ1) is 11.8. The highest BCUT2D eigenvalue weighted by molar-refractivity contribution is 5.66. The van der Waals surface area contributed by atoms with Crippen LogP contribution in [0.4, 0.5) is 11.4 Å². The number of hydrogen-bond acceptors (Lipinski definition) is 3. The largest absolute Gasteiger partial charge is 0.397 e. The van der Waals surface area contributed by atoms with Crippen molar-refractivity contribution in [2.75, 3.05) is 11.1 Å². The van der Waals surface area contributed by atoms with Crippen LogP contribution in [0.3, 0.4) is 0 Å². The van der Waals surface area contributed by atoms with Crippen LogP contribution in [0.25, 0.3) is 0 Å². The molecule has 2 saturated heterocycles. The first-order valence-electron chi connectivity index (χ1n) is 9.88. The molecule has 4 fully saturated rings. The van der Waals surface area contributed by atoms with Crippen molar-refractivity contribution in [2.24, 2.45) is 11.8 Å². The minimum atomic E-state index is 0.572. The Morgan fingerprint density at radius 3 is 2.33 bits per heavy atom. The smallest absolute Gasteiger partial charge is 0.0576 e. The molecule has 3 heteroatoms. The van der Waals surface area contributed by atoms with Crippen LogP contribution in [-0.2, 0) is 0 Å². The molecule has 2 unspecified atom stereocenters. The fourth-order valence-corrected chi connectivity index (χ4v) is 5.74. The predicted octanol–water partition coefficient (Wildman–Crippen LogP) is 4.38. The zero-order valence-electron chi connectivity index (χ0n) is 14.5. The lowest BCUT2D eigenvalue weighted by molar-refractivity contribution is 0.167. The number of rotatable bonds is 3. The van der Waals surface area contributed by atoms with Gasteiger partial charge in [-0.15, -0.1) is 0 Å². The van der Waals surface area contributed by atoms with Gasteiger partial charge in [0.15, 0.2) is 0 Å². The highest BCUT2D eigenvalue weighted by Gasteiger charge is 2.43. The van der Waals surface area contributed by atoms with Crippen molar-refractivity contribution in [2.45, 2.75) is 69.5 Å². The molecule has 2 saturated carbocycles. The summed E-state index contributed by atoms with van der Waals surface area (Å²) in [6.07, 6.45) is 13.7. The summed E-state index contributed by atoms with van der Waals surface area (Å²) in [4.78, 5) is 2.76. The number of piperidine rings is 1. The molecule has 2 heterocycles. The summed E-state index contributed by atoms with van der Waals surface area (Å²) in [7, 11) is 0. The normalized spacial score (nSPS) is 37.1. The van der Waals surface area contributed by atoms with E-state index in [1.165, 1.54) is 51.4 Å². The third kappa shape index (κ3) is 2.40. The lowest BCUT2D eigenvalue weighted by Crippen LogP contribution is -2.45. The Labute approximate surface area is 145 Å². The molecule has 128 valence electrons. The second-order valence-corrected chi connectivity index (χ2v) is 8.42. The fourth-order valence-electron chi connectivity index (χ4n) is 5.74. The van der Waals surface area contributed by atoms with Crippen molar-refractivity contribution in [1.82, 2.24) is 4.90 Å². The van der Waals surface area contributed by atoms with Gasteiger partial charge in [-0.1, -0.05) is 18.6 Å². The van der Waals surface area contributed by atoms with Gasteiger partial charge >= 0.3 is 0 Å². The Kier molecular flexibility index (Phi) is 3.50. The second-order valence-electron chi connectivity index (χ2n) is 8.42. The SMILES string of the molecule is Nc1ccccc1N[C@H]1C[C@H]2CC[C@@H](C1)N2C=C1C2CCCC1C2. The molecule has 5 atom stereocenters. The molecule has 1 aromatic rings. The van der Waals surface area contributed by atoms with Gasteiger partial charge in [0, 0.05) is 18.1 Å². The Morgan fingerprint density at radius 1 is 0.958 bits per heavy atom. The van der Waals surface area contributed by atoms with Crippen molar-refractivity contribution in [1.29, 1.82) is 0 Å². The standard InChI is InChI=1S/C21H29N3/c22-20-6-1-2-7-21(20)23-16-11-17-8-9-18(12-16)24(17)13-19-14-4-3-5-15(19)10-14/h1-2,6-7,13-18,23H,3-5,8-12,22H2/t14?,15?,16-,17+,18-. The number of nitrogens with one attached hydrogen (secondary N) is 1. The van der Waals surface area contributed by atoms with E-state index in [4.69, 9.17) is 5.73 Å². The lowest BCUT2D eigenvalue weighted by atomic mass is 9.61. The molecule has 0 amide bonds. The van der Waals surface area contributed by atoms with E-state index in [0.29, 0.717) is 6.04 Å². The first kappa shape index (κ1) is 14.7. The molecule has 4 bridgehead atoms. The molecule has 24 heavy (non-hydrogen) atoms. The number of benzene rings is 1. The van der Waals surface area contributed by atoms with Gasteiger partial charge in [-0.2, -0.15) is 0 Å². The average Bonchev–Trinajstić information content (AvgIpc) is 2.84. The van der Waals surface area contributed by atoms with Gasteiger partial charge in [0.2, 0.25) is 0 Å². The molecule has 2 aliphatic heterocycles. The molecular weight excluding hydrogens is 294 g/mol. The van der Waals surface area contributed by atoms with Crippen molar-refractivity contribution in [3.8, 4) is 0 Å². The van der Waals surface area contributed by atoms with Crippen molar-refractivity contribution < 1.29 is 0 Å². The molecule has 4 aliphatic rings. The van der Waals surface area contributed by atoms with Gasteiger partial charge in [-0.3, -0.25) is 0 Å². The number of anilines is 2. The van der Waals surface area contributed by atoms with Crippen molar-refractivity contribution in [3.05, 3.63) is 36.0 Å². The van der Waals surface area contributed by atoms with Crippen LogP contribution in [0.2, 0.25) is 0 Å². The Balaban J connectivity index is 1.28. The zero-order valence-corrected chi connectivity index (χ0v) is 14.5. The number of nitrogen functional groups attached to an aromatic ring is 1. The van der Waals surface area contributed by atoms with E-state index in [9.17, 15) is 0 Å². The average molecular weight is 323 g/mol. The molecule has 3 N–H and O–H groups in total. The second kappa shape index (κ2) is 5.72. The van der Waals surface area contributed by atoms with Gasteiger partial charge in [0.1, 0.15) is 0 Å². The fraction of sp³-hybridized carbons (Fsp3) is 0.619. The third-order valence-corrected chi connectivity index (χ3v) is 7.03. The van der Waals surface area contributed by atoms with Gasteiger partial charge in [-0.05, 0) is 80.7 Å². The summed E-state index contributed by atoms with van der Waals surface area (Å²) in [5.41, 5.74) is 9.90. The van der Waals surface area contributed by atoms with Crippen LogP contribution in [-0.4, -0.2) is 23.0 Å². The molecule has 5 rings (SSSR count). The maximum absolute atomic E-state index is 6.11. The van der Waals surface area contributed by atoms with Crippen LogP contribution >= 0.6 is 0 Å². The number of allylic oxidation sites excluding steroid dienone is 1. The van der Waals surface area contributed by atoms with E-state index in [2.05, 4.69) is 28.5 Å². The summed E-state index contributed by atoms with van der Waals surface area (Å²) in [5.74, 6) is 1.87. The summed E-state index contributed by atoms with van der Waals surface area (Å²) >= 11 is 0. The maximum atomic E-state index is 6.11. The number of para-hydroxylation sites is 2. The quantitative estimate of drug-likeness (QED) is 0.811. The molecular formula is C21H29N3. The molecule has 0 spiro atoms. The predicted molar refractivity (Wildman–Crippen MR) is 99.7 cm³/mol. The summed E-state index contributed by atoms with van der Waals surface area (Å²) in [5, 5.41) is 3.72. The highest BCUT2D eigenvalue weighted by Crippen LogP contribution is 2.51. The topological polar surface area (TPSA) is 41.3 Å². The summed E-state index contributed by atoms with van der Waals surface area (Å²) in [6.45, 7) is 0. The van der Waals surface area contributed by atoms with Crippen LogP contribution in [0.5, 0.6) is 0 Å². The van der Waals surface area contributed by atoms with Crippen LogP contribution < -0.4 is 11.1 Å². The zero-order chi connectivity index (χ0) is 16.1. The Bertz CT molecular complexity index is 622. The van der Waals surface area contributed by atoms with Gasteiger partial charge in [-0.25, -0.2) is 0 Å². The molecule has 3 nitrogen and oxygen atoms in total. The number of hydrogen-bond donors (Lipinski definition) is 2. The number of fused-ring (bicyclic) bond motifs is 4. The van der Waals surface area contributed by atoms with Crippen LogP contribution in [0.15, 0.2) is 36.0 Å². The van der Waals surface area contributed by atoms with E-state index >= 15 is 0 Å². The van der Waals surface area contributed by atoms with E-state index < -0.39 is 0 Å². The van der Waals surface area contributed by atoms with Crippen LogP contribution in [0.1, 0.15) is 51.4 Å². The maximum Gasteiger partial charge on any atom is 0.0576 e. The summed E-state index contributed by atoms with van der Waals surface area (Å²) in [6, 6.07) is 10.2. The van der Waals surface area contributed by atoms with Crippen molar-refractivity contribution >= 4 is 11.4 Å².